The van der Waals surface area contributed by atoms with Gasteiger partial charge in [0.1, 0.15) is 22.6 Å². The molecule has 1 atom stereocenters. The Morgan fingerprint density at radius 1 is 1.15 bits per heavy atom. The minimum absolute atomic E-state index is 0.0759. The van der Waals surface area contributed by atoms with Crippen molar-refractivity contribution in [1.82, 2.24) is 19.6 Å². The fourth-order valence-electron chi connectivity index (χ4n) is 2.69. The van der Waals surface area contributed by atoms with E-state index in [1.807, 2.05) is 20.1 Å². The van der Waals surface area contributed by atoms with Gasteiger partial charge in [-0.05, 0) is 18.6 Å². The molecule has 3 rings (SSSR count). The van der Waals surface area contributed by atoms with Gasteiger partial charge in [-0.2, -0.15) is 14.5 Å². The maximum atomic E-state index is 14.4. The van der Waals surface area contributed by atoms with Crippen LogP contribution in [0.3, 0.4) is 0 Å². The Labute approximate surface area is 157 Å². The molecule has 0 saturated carbocycles. The standard InChI is InChI=1S/C17H16ClF3N4S/c1-4-8(2)5-12-14(13-10(20)6-9(19)7-11(13)21)15(18)22-16-23-17(26-3)24-25(12)16/h6-8H,4-5H2,1-3H3. The molecule has 0 saturated heterocycles. The maximum Gasteiger partial charge on any atom is 0.254 e. The maximum absolute atomic E-state index is 14.4. The minimum atomic E-state index is -1.04. The lowest BCUT2D eigenvalue weighted by Crippen LogP contribution is -2.11. The first-order chi connectivity index (χ1) is 12.3. The zero-order chi connectivity index (χ0) is 19.0. The third-order valence-corrected chi connectivity index (χ3v) is 5.01. The van der Waals surface area contributed by atoms with Crippen LogP contribution in [0.15, 0.2) is 17.3 Å². The summed E-state index contributed by atoms with van der Waals surface area (Å²) >= 11 is 7.60. The van der Waals surface area contributed by atoms with Crippen molar-refractivity contribution in [2.24, 2.45) is 5.92 Å². The average Bonchev–Trinajstić information content (AvgIpc) is 2.99. The summed E-state index contributed by atoms with van der Waals surface area (Å²) in [6.45, 7) is 4.02. The summed E-state index contributed by atoms with van der Waals surface area (Å²) in [5.41, 5.74) is 0.156. The lowest BCUT2D eigenvalue weighted by molar-refractivity contribution is 0.537. The number of hydrogen-bond acceptors (Lipinski definition) is 4. The molecule has 4 nitrogen and oxygen atoms in total. The number of thioether (sulfide) groups is 1. The Morgan fingerprint density at radius 3 is 2.38 bits per heavy atom. The molecule has 2 heterocycles. The molecule has 138 valence electrons. The van der Waals surface area contributed by atoms with E-state index in [1.165, 1.54) is 16.3 Å². The van der Waals surface area contributed by atoms with Crippen LogP contribution in [0.2, 0.25) is 5.15 Å². The number of benzene rings is 1. The fraction of sp³-hybridized carbons (Fsp3) is 0.353. The summed E-state index contributed by atoms with van der Waals surface area (Å²) in [5, 5.41) is 4.72. The van der Waals surface area contributed by atoms with Crippen LogP contribution in [0.5, 0.6) is 0 Å². The van der Waals surface area contributed by atoms with Gasteiger partial charge in [-0.25, -0.2) is 13.2 Å². The van der Waals surface area contributed by atoms with Gasteiger partial charge in [0.15, 0.2) is 0 Å². The third kappa shape index (κ3) is 3.40. The van der Waals surface area contributed by atoms with Crippen LogP contribution in [0.25, 0.3) is 16.9 Å². The number of rotatable bonds is 5. The Balaban J connectivity index is 2.37. The van der Waals surface area contributed by atoms with Crippen LogP contribution in [0.4, 0.5) is 13.2 Å². The van der Waals surface area contributed by atoms with Crippen molar-refractivity contribution in [1.29, 1.82) is 0 Å². The predicted octanol–water partition coefficient (Wildman–Crippen LogP) is 5.17. The summed E-state index contributed by atoms with van der Waals surface area (Å²) in [7, 11) is 0. The van der Waals surface area contributed by atoms with E-state index in [0.29, 0.717) is 29.4 Å². The highest BCUT2D eigenvalue weighted by Gasteiger charge is 2.25. The second-order valence-electron chi connectivity index (χ2n) is 6.00. The summed E-state index contributed by atoms with van der Waals surface area (Å²) in [5.74, 6) is -2.63. The van der Waals surface area contributed by atoms with Gasteiger partial charge in [-0.1, -0.05) is 43.6 Å². The molecular weight excluding hydrogens is 385 g/mol. The molecule has 0 amide bonds. The van der Waals surface area contributed by atoms with Crippen LogP contribution in [-0.2, 0) is 6.42 Å². The molecule has 0 aliphatic carbocycles. The molecule has 0 bridgehead atoms. The van der Waals surface area contributed by atoms with Crippen LogP contribution < -0.4 is 0 Å². The monoisotopic (exact) mass is 400 g/mol. The van der Waals surface area contributed by atoms with Gasteiger partial charge >= 0.3 is 0 Å². The molecule has 26 heavy (non-hydrogen) atoms. The molecule has 0 radical (unpaired) electrons. The largest absolute Gasteiger partial charge is 0.254 e. The minimum Gasteiger partial charge on any atom is -0.207 e. The van der Waals surface area contributed by atoms with Crippen LogP contribution in [0.1, 0.15) is 26.0 Å². The normalized spacial score (nSPS) is 12.7. The van der Waals surface area contributed by atoms with Gasteiger partial charge in [0.2, 0.25) is 5.16 Å². The summed E-state index contributed by atoms with van der Waals surface area (Å²) < 4.78 is 43.7. The molecule has 0 fully saturated rings. The summed E-state index contributed by atoms with van der Waals surface area (Å²) in [4.78, 5) is 8.38. The van der Waals surface area contributed by atoms with Crippen molar-refractivity contribution in [3.63, 3.8) is 0 Å². The van der Waals surface area contributed by atoms with Crippen molar-refractivity contribution in [3.05, 3.63) is 40.4 Å². The second-order valence-corrected chi connectivity index (χ2v) is 7.13. The topological polar surface area (TPSA) is 43.1 Å². The Bertz CT molecular complexity index is 953. The van der Waals surface area contributed by atoms with E-state index in [1.54, 1.807) is 0 Å². The van der Waals surface area contributed by atoms with E-state index in [-0.39, 0.29) is 22.4 Å². The van der Waals surface area contributed by atoms with E-state index in [0.717, 1.165) is 6.42 Å². The zero-order valence-electron chi connectivity index (χ0n) is 14.4. The molecule has 0 N–H and O–H groups in total. The highest BCUT2D eigenvalue weighted by molar-refractivity contribution is 7.98. The van der Waals surface area contributed by atoms with Crippen molar-refractivity contribution < 1.29 is 13.2 Å². The summed E-state index contributed by atoms with van der Waals surface area (Å²) in [6.07, 6.45) is 3.11. The first-order valence-corrected chi connectivity index (χ1v) is 9.60. The quantitative estimate of drug-likeness (QED) is 0.437. The number of halogens is 4. The number of hydrogen-bond donors (Lipinski definition) is 0. The average molecular weight is 401 g/mol. The van der Waals surface area contributed by atoms with Gasteiger partial charge in [0, 0.05) is 17.7 Å². The van der Waals surface area contributed by atoms with E-state index in [9.17, 15) is 13.2 Å². The van der Waals surface area contributed by atoms with E-state index in [2.05, 4.69) is 15.1 Å². The van der Waals surface area contributed by atoms with Gasteiger partial charge in [-0.15, -0.1) is 5.10 Å². The number of nitrogens with zero attached hydrogens (tertiary/aromatic N) is 4. The van der Waals surface area contributed by atoms with Crippen molar-refractivity contribution in [2.45, 2.75) is 31.8 Å². The van der Waals surface area contributed by atoms with E-state index in [4.69, 9.17) is 11.6 Å². The molecule has 3 aromatic rings. The predicted molar refractivity (Wildman–Crippen MR) is 96.0 cm³/mol. The van der Waals surface area contributed by atoms with Gasteiger partial charge < -0.3 is 0 Å². The van der Waals surface area contributed by atoms with Gasteiger partial charge in [0.25, 0.3) is 5.78 Å². The molecule has 0 aliphatic rings. The fourth-order valence-corrected chi connectivity index (χ4v) is 3.30. The molecule has 9 heteroatoms. The molecule has 0 aliphatic heterocycles. The highest BCUT2D eigenvalue weighted by Crippen LogP contribution is 2.36. The van der Waals surface area contributed by atoms with Crippen LogP contribution >= 0.6 is 23.4 Å². The first-order valence-electron chi connectivity index (χ1n) is 7.99. The molecular formula is C17H16ClF3N4S. The van der Waals surface area contributed by atoms with E-state index < -0.39 is 23.0 Å². The van der Waals surface area contributed by atoms with Gasteiger partial charge in [-0.3, -0.25) is 0 Å². The Kier molecular flexibility index (Phi) is 5.43. The molecule has 2 aromatic heterocycles. The third-order valence-electron chi connectivity index (χ3n) is 4.20. The highest BCUT2D eigenvalue weighted by atomic mass is 35.5. The van der Waals surface area contributed by atoms with E-state index >= 15 is 0 Å². The lowest BCUT2D eigenvalue weighted by Gasteiger charge is -2.16. The Hall–Kier alpha value is -1.80. The van der Waals surface area contributed by atoms with Crippen molar-refractivity contribution in [2.75, 3.05) is 6.26 Å². The molecule has 1 unspecified atom stereocenters. The smallest absolute Gasteiger partial charge is 0.207 e. The molecule has 1 aromatic carbocycles. The number of aromatic nitrogens is 4. The summed E-state index contributed by atoms with van der Waals surface area (Å²) in [6, 6.07) is 1.25. The lowest BCUT2D eigenvalue weighted by atomic mass is 9.96. The van der Waals surface area contributed by atoms with Crippen LogP contribution in [-0.4, -0.2) is 25.8 Å². The van der Waals surface area contributed by atoms with Gasteiger partial charge in [0.05, 0.1) is 11.3 Å². The molecule has 0 spiro atoms. The van der Waals surface area contributed by atoms with Crippen molar-refractivity contribution in [3.8, 4) is 11.1 Å². The zero-order valence-corrected chi connectivity index (χ0v) is 15.9. The first kappa shape index (κ1) is 19.0. The SMILES string of the molecule is CCC(C)Cc1c(-c2c(F)cc(F)cc2F)c(Cl)nc2nc(SC)nn12. The van der Waals surface area contributed by atoms with Crippen molar-refractivity contribution >= 4 is 29.1 Å². The Morgan fingerprint density at radius 2 is 1.81 bits per heavy atom. The second kappa shape index (κ2) is 7.44. The number of fused-ring (bicyclic) bond motifs is 1. The van der Waals surface area contributed by atoms with Crippen LogP contribution in [0, 0.1) is 23.4 Å².